The number of hydrogen-bond donors (Lipinski definition) is 1. The van der Waals surface area contributed by atoms with E-state index in [0.717, 1.165) is 30.7 Å². The van der Waals surface area contributed by atoms with Crippen LogP contribution in [0.1, 0.15) is 43.9 Å². The van der Waals surface area contributed by atoms with Crippen molar-refractivity contribution in [1.82, 2.24) is 9.62 Å². The standard InChI is InChI=1S/C15H24N2O2S2/c1-2-3-12-8-9-17(11-12)21(18,19)15-7-6-14(20-15)10-16-13-4-5-13/h6-7,12-13,16H,2-5,8-11H2,1H3. The Kier molecular flexibility index (Phi) is 4.69. The molecule has 118 valence electrons. The molecule has 0 bridgehead atoms. The van der Waals surface area contributed by atoms with Crippen LogP contribution < -0.4 is 5.32 Å². The lowest BCUT2D eigenvalue weighted by atomic mass is 10.0. The molecule has 6 heteroatoms. The summed E-state index contributed by atoms with van der Waals surface area (Å²) in [5.41, 5.74) is 0. The minimum atomic E-state index is -3.27. The average Bonchev–Trinajstić information content (AvgIpc) is 2.97. The summed E-state index contributed by atoms with van der Waals surface area (Å²) in [6, 6.07) is 4.38. The van der Waals surface area contributed by atoms with E-state index in [1.165, 1.54) is 24.2 Å². The summed E-state index contributed by atoms with van der Waals surface area (Å²) < 4.78 is 27.5. The molecule has 4 nitrogen and oxygen atoms in total. The van der Waals surface area contributed by atoms with Crippen molar-refractivity contribution in [3.63, 3.8) is 0 Å². The summed E-state index contributed by atoms with van der Waals surface area (Å²) in [7, 11) is -3.27. The van der Waals surface area contributed by atoms with Gasteiger partial charge in [0, 0.05) is 30.6 Å². The molecule has 1 aromatic rings. The normalized spacial score (nSPS) is 23.8. The van der Waals surface area contributed by atoms with Crippen molar-refractivity contribution in [2.75, 3.05) is 13.1 Å². The Labute approximate surface area is 131 Å². The predicted octanol–water partition coefficient (Wildman–Crippen LogP) is 2.81. The molecule has 1 unspecified atom stereocenters. The summed E-state index contributed by atoms with van der Waals surface area (Å²) in [6.07, 6.45) is 5.78. The number of thiophene rings is 1. The van der Waals surface area contributed by atoms with Gasteiger partial charge in [0.2, 0.25) is 0 Å². The lowest BCUT2D eigenvalue weighted by molar-refractivity contribution is 0.446. The molecule has 21 heavy (non-hydrogen) atoms. The van der Waals surface area contributed by atoms with Crippen LogP contribution in [-0.2, 0) is 16.6 Å². The van der Waals surface area contributed by atoms with Gasteiger partial charge in [-0.15, -0.1) is 11.3 Å². The molecule has 1 aliphatic heterocycles. The molecule has 1 aliphatic carbocycles. The first-order chi connectivity index (χ1) is 10.1. The molecule has 3 rings (SSSR count). The van der Waals surface area contributed by atoms with Gasteiger partial charge in [-0.2, -0.15) is 4.31 Å². The maximum absolute atomic E-state index is 12.7. The van der Waals surface area contributed by atoms with Crippen molar-refractivity contribution in [2.24, 2.45) is 5.92 Å². The molecule has 1 aromatic heterocycles. The van der Waals surface area contributed by atoms with Crippen molar-refractivity contribution < 1.29 is 8.42 Å². The lowest BCUT2D eigenvalue weighted by Crippen LogP contribution is -2.28. The van der Waals surface area contributed by atoms with E-state index < -0.39 is 10.0 Å². The van der Waals surface area contributed by atoms with Gasteiger partial charge in [-0.05, 0) is 43.7 Å². The second-order valence-electron chi connectivity index (χ2n) is 6.18. The molecule has 1 saturated carbocycles. The van der Waals surface area contributed by atoms with Crippen LogP contribution in [0.2, 0.25) is 0 Å². The molecular formula is C15H24N2O2S2. The van der Waals surface area contributed by atoms with E-state index in [2.05, 4.69) is 12.2 Å². The minimum absolute atomic E-state index is 0.507. The highest BCUT2D eigenvalue weighted by atomic mass is 32.2. The van der Waals surface area contributed by atoms with E-state index in [1.54, 1.807) is 10.4 Å². The Bertz CT molecular complexity index is 578. The van der Waals surface area contributed by atoms with Crippen LogP contribution in [0.4, 0.5) is 0 Å². The van der Waals surface area contributed by atoms with Crippen molar-refractivity contribution >= 4 is 21.4 Å². The number of sulfonamides is 1. The minimum Gasteiger partial charge on any atom is -0.309 e. The van der Waals surface area contributed by atoms with Crippen LogP contribution in [0, 0.1) is 5.92 Å². The van der Waals surface area contributed by atoms with Gasteiger partial charge in [-0.1, -0.05) is 13.3 Å². The van der Waals surface area contributed by atoms with Crippen LogP contribution in [0.3, 0.4) is 0 Å². The first-order valence-corrected chi connectivity index (χ1v) is 10.2. The van der Waals surface area contributed by atoms with Crippen molar-refractivity contribution in [2.45, 2.75) is 55.8 Å². The third kappa shape index (κ3) is 3.67. The van der Waals surface area contributed by atoms with E-state index >= 15 is 0 Å². The van der Waals surface area contributed by atoms with E-state index in [-0.39, 0.29) is 0 Å². The van der Waals surface area contributed by atoms with Crippen LogP contribution >= 0.6 is 11.3 Å². The van der Waals surface area contributed by atoms with E-state index in [4.69, 9.17) is 0 Å². The smallest absolute Gasteiger partial charge is 0.252 e. The van der Waals surface area contributed by atoms with Gasteiger partial charge in [0.15, 0.2) is 0 Å². The first-order valence-electron chi connectivity index (χ1n) is 7.92. The number of nitrogens with one attached hydrogen (secondary N) is 1. The highest BCUT2D eigenvalue weighted by Gasteiger charge is 2.33. The summed E-state index contributed by atoms with van der Waals surface area (Å²) >= 11 is 1.42. The van der Waals surface area contributed by atoms with Gasteiger partial charge in [-0.25, -0.2) is 8.42 Å². The highest BCUT2D eigenvalue weighted by Crippen LogP contribution is 2.30. The fourth-order valence-electron chi connectivity index (χ4n) is 2.91. The highest BCUT2D eigenvalue weighted by molar-refractivity contribution is 7.91. The Balaban J connectivity index is 1.64. The van der Waals surface area contributed by atoms with Gasteiger partial charge < -0.3 is 5.32 Å². The van der Waals surface area contributed by atoms with E-state index in [0.29, 0.717) is 29.3 Å². The largest absolute Gasteiger partial charge is 0.309 e. The van der Waals surface area contributed by atoms with Crippen LogP contribution in [-0.4, -0.2) is 31.9 Å². The van der Waals surface area contributed by atoms with Gasteiger partial charge in [0.1, 0.15) is 4.21 Å². The molecular weight excluding hydrogens is 304 g/mol. The third-order valence-electron chi connectivity index (χ3n) is 4.32. The first kappa shape index (κ1) is 15.5. The van der Waals surface area contributed by atoms with E-state index in [1.807, 2.05) is 6.07 Å². The Hall–Kier alpha value is -0.430. The number of rotatable bonds is 7. The van der Waals surface area contributed by atoms with Crippen LogP contribution in [0.5, 0.6) is 0 Å². The fourth-order valence-corrected chi connectivity index (χ4v) is 5.90. The SMILES string of the molecule is CCCC1CCN(S(=O)(=O)c2ccc(CNC3CC3)s2)C1. The molecule has 1 atom stereocenters. The molecule has 2 fully saturated rings. The van der Waals surface area contributed by atoms with Crippen LogP contribution in [0.15, 0.2) is 16.3 Å². The molecule has 2 heterocycles. The molecule has 0 aromatic carbocycles. The Morgan fingerprint density at radius 1 is 1.33 bits per heavy atom. The van der Waals surface area contributed by atoms with E-state index in [9.17, 15) is 8.42 Å². The van der Waals surface area contributed by atoms with Gasteiger partial charge in [0.05, 0.1) is 0 Å². The number of nitrogens with zero attached hydrogens (tertiary/aromatic N) is 1. The third-order valence-corrected chi connectivity index (χ3v) is 7.74. The summed E-state index contributed by atoms with van der Waals surface area (Å²) in [4.78, 5) is 1.12. The monoisotopic (exact) mass is 328 g/mol. The molecule has 2 aliphatic rings. The summed E-state index contributed by atoms with van der Waals surface area (Å²) in [5, 5.41) is 3.43. The zero-order valence-corrected chi connectivity index (χ0v) is 14.2. The Morgan fingerprint density at radius 3 is 2.86 bits per heavy atom. The average molecular weight is 329 g/mol. The topological polar surface area (TPSA) is 49.4 Å². The van der Waals surface area contributed by atoms with Gasteiger partial charge in [-0.3, -0.25) is 0 Å². The maximum Gasteiger partial charge on any atom is 0.252 e. The lowest BCUT2D eigenvalue weighted by Gasteiger charge is -2.15. The second-order valence-corrected chi connectivity index (χ2v) is 9.52. The molecule has 0 amide bonds. The molecule has 1 N–H and O–H groups in total. The van der Waals surface area contributed by atoms with Gasteiger partial charge >= 0.3 is 0 Å². The van der Waals surface area contributed by atoms with Gasteiger partial charge in [0.25, 0.3) is 10.0 Å². The maximum atomic E-state index is 12.7. The summed E-state index contributed by atoms with van der Waals surface area (Å²) in [5.74, 6) is 0.542. The zero-order chi connectivity index (χ0) is 14.9. The molecule has 1 saturated heterocycles. The van der Waals surface area contributed by atoms with Crippen molar-refractivity contribution in [3.05, 3.63) is 17.0 Å². The van der Waals surface area contributed by atoms with Crippen LogP contribution in [0.25, 0.3) is 0 Å². The Morgan fingerprint density at radius 2 is 2.14 bits per heavy atom. The summed E-state index contributed by atoms with van der Waals surface area (Å²) in [6.45, 7) is 4.34. The molecule has 0 radical (unpaired) electrons. The fraction of sp³-hybridized carbons (Fsp3) is 0.733. The molecule has 0 spiro atoms. The zero-order valence-electron chi connectivity index (χ0n) is 12.5. The quantitative estimate of drug-likeness (QED) is 0.837. The predicted molar refractivity (Wildman–Crippen MR) is 86.0 cm³/mol. The van der Waals surface area contributed by atoms with Crippen molar-refractivity contribution in [1.29, 1.82) is 0 Å². The van der Waals surface area contributed by atoms with Crippen molar-refractivity contribution in [3.8, 4) is 0 Å². The second kappa shape index (κ2) is 6.36. The number of hydrogen-bond acceptors (Lipinski definition) is 4.